The first kappa shape index (κ1) is 10.8. The molecule has 0 N–H and O–H groups in total. The molecule has 0 fully saturated rings. The van der Waals surface area contributed by atoms with Crippen LogP contribution in [0.5, 0.6) is 5.75 Å². The van der Waals surface area contributed by atoms with E-state index in [0.29, 0.717) is 16.6 Å². The summed E-state index contributed by atoms with van der Waals surface area (Å²) in [5.41, 5.74) is -0.0760. The first-order valence-electron chi connectivity index (χ1n) is 4.43. The van der Waals surface area contributed by atoms with Gasteiger partial charge in [-0.25, -0.2) is 0 Å². The Bertz CT molecular complexity index is 400. The Hall–Kier alpha value is -0.710. The smallest absolute Gasteiger partial charge is 0.420 e. The minimum absolute atomic E-state index is 0.0126. The van der Waals surface area contributed by atoms with Crippen LogP contribution in [0.2, 0.25) is 0 Å². The van der Waals surface area contributed by atoms with Crippen LogP contribution in [0.1, 0.15) is 24.0 Å². The van der Waals surface area contributed by atoms with Gasteiger partial charge in [0.2, 0.25) is 0 Å². The predicted octanol–water partition coefficient (Wildman–Crippen LogP) is 3.96. The van der Waals surface area contributed by atoms with Crippen molar-refractivity contribution in [3.63, 3.8) is 0 Å². The van der Waals surface area contributed by atoms with Crippen molar-refractivity contribution in [1.82, 2.24) is 0 Å². The fourth-order valence-electron chi connectivity index (χ4n) is 1.65. The van der Waals surface area contributed by atoms with Crippen LogP contribution in [0.15, 0.2) is 16.6 Å². The van der Waals surface area contributed by atoms with Crippen molar-refractivity contribution in [2.45, 2.75) is 19.0 Å². The summed E-state index contributed by atoms with van der Waals surface area (Å²) in [7, 11) is 0. The van der Waals surface area contributed by atoms with Gasteiger partial charge in [-0.3, -0.25) is 0 Å². The van der Waals surface area contributed by atoms with Crippen LogP contribution in [-0.2, 0) is 6.18 Å². The molecule has 0 radical (unpaired) electrons. The van der Waals surface area contributed by atoms with Crippen LogP contribution in [0.4, 0.5) is 13.2 Å². The molecule has 0 aromatic heterocycles. The Morgan fingerprint density at radius 1 is 1.40 bits per heavy atom. The molecule has 0 spiro atoms. The highest BCUT2D eigenvalue weighted by atomic mass is 79.9. The van der Waals surface area contributed by atoms with Crippen molar-refractivity contribution >= 4 is 15.9 Å². The van der Waals surface area contributed by atoms with Crippen LogP contribution in [0.3, 0.4) is 0 Å². The molecule has 1 aliphatic heterocycles. The zero-order valence-electron chi connectivity index (χ0n) is 7.86. The first-order chi connectivity index (χ1) is 6.89. The fourth-order valence-corrected chi connectivity index (χ4v) is 2.13. The van der Waals surface area contributed by atoms with E-state index in [1.54, 1.807) is 6.07 Å². The van der Waals surface area contributed by atoms with Gasteiger partial charge in [0.25, 0.3) is 0 Å². The van der Waals surface area contributed by atoms with E-state index < -0.39 is 11.7 Å². The highest BCUT2D eigenvalue weighted by Crippen LogP contribution is 2.45. The molecule has 0 saturated carbocycles. The first-order valence-corrected chi connectivity index (χ1v) is 5.22. The quantitative estimate of drug-likeness (QED) is 0.699. The van der Waals surface area contributed by atoms with E-state index in [2.05, 4.69) is 15.9 Å². The second-order valence-electron chi connectivity index (χ2n) is 3.58. The second kappa shape index (κ2) is 3.40. The summed E-state index contributed by atoms with van der Waals surface area (Å²) in [6.07, 6.45) is -4.36. The van der Waals surface area contributed by atoms with Crippen LogP contribution in [0, 0.1) is 0 Å². The fraction of sp³-hybridized carbons (Fsp3) is 0.400. The minimum atomic E-state index is -4.36. The van der Waals surface area contributed by atoms with E-state index >= 15 is 0 Å². The van der Waals surface area contributed by atoms with E-state index in [1.807, 2.05) is 6.92 Å². The number of alkyl halides is 3. The van der Waals surface area contributed by atoms with Crippen LogP contribution >= 0.6 is 15.9 Å². The van der Waals surface area contributed by atoms with Crippen molar-refractivity contribution in [3.05, 3.63) is 27.7 Å². The van der Waals surface area contributed by atoms with Crippen molar-refractivity contribution in [3.8, 4) is 5.75 Å². The third-order valence-electron chi connectivity index (χ3n) is 2.40. The molecule has 0 bridgehead atoms. The van der Waals surface area contributed by atoms with Gasteiger partial charge in [0, 0.05) is 16.0 Å². The lowest BCUT2D eigenvalue weighted by atomic mass is 10.0. The van der Waals surface area contributed by atoms with Gasteiger partial charge < -0.3 is 4.74 Å². The van der Waals surface area contributed by atoms with E-state index in [9.17, 15) is 13.2 Å². The number of fused-ring (bicyclic) bond motifs is 1. The maximum atomic E-state index is 12.6. The van der Waals surface area contributed by atoms with E-state index in [-0.39, 0.29) is 11.7 Å². The molecule has 0 amide bonds. The summed E-state index contributed by atoms with van der Waals surface area (Å²) in [6.45, 7) is 2.16. The standard InChI is InChI=1S/C10H8BrF3O/c1-5-4-15-9-7(5)2-6(11)3-8(9)10(12,13)14/h2-3,5H,4H2,1H3. The van der Waals surface area contributed by atoms with Crippen LogP contribution in [-0.4, -0.2) is 6.61 Å². The van der Waals surface area contributed by atoms with Crippen LogP contribution in [0.25, 0.3) is 0 Å². The largest absolute Gasteiger partial charge is 0.492 e. The van der Waals surface area contributed by atoms with Gasteiger partial charge in [-0.15, -0.1) is 0 Å². The summed E-state index contributed by atoms with van der Waals surface area (Å²) < 4.78 is 43.5. The molecule has 1 aromatic carbocycles. The Labute approximate surface area is 93.4 Å². The number of rotatable bonds is 0. The van der Waals surface area contributed by atoms with Gasteiger partial charge >= 0.3 is 6.18 Å². The maximum Gasteiger partial charge on any atom is 0.420 e. The molecule has 1 unspecified atom stereocenters. The predicted molar refractivity (Wildman–Crippen MR) is 53.1 cm³/mol. The van der Waals surface area contributed by atoms with Gasteiger partial charge in [-0.05, 0) is 12.1 Å². The number of halogens is 4. The molecular formula is C10H8BrF3O. The third kappa shape index (κ3) is 1.85. The van der Waals surface area contributed by atoms with Crippen molar-refractivity contribution in [2.24, 2.45) is 0 Å². The topological polar surface area (TPSA) is 9.23 Å². The maximum absolute atomic E-state index is 12.6. The second-order valence-corrected chi connectivity index (χ2v) is 4.50. The summed E-state index contributed by atoms with van der Waals surface area (Å²) in [5.74, 6) is -0.00296. The normalized spacial score (nSPS) is 19.9. The Balaban J connectivity index is 2.62. The van der Waals surface area contributed by atoms with E-state index in [0.717, 1.165) is 6.07 Å². The van der Waals surface area contributed by atoms with Gasteiger partial charge in [-0.1, -0.05) is 22.9 Å². The lowest BCUT2D eigenvalue weighted by Gasteiger charge is -2.12. The molecule has 2 rings (SSSR count). The molecular weight excluding hydrogens is 273 g/mol. The average molecular weight is 281 g/mol. The molecule has 1 atom stereocenters. The molecule has 1 aliphatic rings. The van der Waals surface area contributed by atoms with Crippen molar-refractivity contribution in [1.29, 1.82) is 0 Å². The van der Waals surface area contributed by atoms with Gasteiger partial charge in [0.05, 0.1) is 12.2 Å². The van der Waals surface area contributed by atoms with E-state index in [1.165, 1.54) is 0 Å². The summed E-state index contributed by atoms with van der Waals surface area (Å²) in [4.78, 5) is 0. The molecule has 1 aromatic rings. The summed E-state index contributed by atoms with van der Waals surface area (Å²) >= 11 is 3.08. The number of ether oxygens (including phenoxy) is 1. The molecule has 82 valence electrons. The molecule has 5 heteroatoms. The van der Waals surface area contributed by atoms with Crippen LogP contribution < -0.4 is 4.74 Å². The van der Waals surface area contributed by atoms with Gasteiger partial charge in [-0.2, -0.15) is 13.2 Å². The average Bonchev–Trinajstić information content (AvgIpc) is 2.45. The lowest BCUT2D eigenvalue weighted by molar-refractivity contribution is -0.138. The Morgan fingerprint density at radius 3 is 2.67 bits per heavy atom. The lowest BCUT2D eigenvalue weighted by Crippen LogP contribution is -2.07. The summed E-state index contributed by atoms with van der Waals surface area (Å²) in [5, 5.41) is 0. The van der Waals surface area contributed by atoms with Gasteiger partial charge in [0.15, 0.2) is 0 Å². The minimum Gasteiger partial charge on any atom is -0.492 e. The van der Waals surface area contributed by atoms with E-state index in [4.69, 9.17) is 4.74 Å². The molecule has 0 saturated heterocycles. The zero-order chi connectivity index (χ0) is 11.2. The SMILES string of the molecule is CC1COc2c1cc(Br)cc2C(F)(F)F. The third-order valence-corrected chi connectivity index (χ3v) is 2.85. The summed E-state index contributed by atoms with van der Waals surface area (Å²) in [6, 6.07) is 2.74. The van der Waals surface area contributed by atoms with Gasteiger partial charge in [0.1, 0.15) is 5.75 Å². The monoisotopic (exact) mass is 280 g/mol. The van der Waals surface area contributed by atoms with Crippen molar-refractivity contribution < 1.29 is 17.9 Å². The van der Waals surface area contributed by atoms with Crippen molar-refractivity contribution in [2.75, 3.05) is 6.61 Å². The molecule has 0 aliphatic carbocycles. The highest BCUT2D eigenvalue weighted by molar-refractivity contribution is 9.10. The molecule has 15 heavy (non-hydrogen) atoms. The number of hydrogen-bond acceptors (Lipinski definition) is 1. The number of benzene rings is 1. The Kier molecular flexibility index (Phi) is 2.45. The highest BCUT2D eigenvalue weighted by Gasteiger charge is 2.38. The molecule has 1 heterocycles. The Morgan fingerprint density at radius 2 is 2.07 bits per heavy atom. The molecule has 1 nitrogen and oxygen atoms in total. The zero-order valence-corrected chi connectivity index (χ0v) is 9.45. The number of hydrogen-bond donors (Lipinski definition) is 0.